The topological polar surface area (TPSA) is 125 Å². The predicted molar refractivity (Wildman–Crippen MR) is 115 cm³/mol. The van der Waals surface area contributed by atoms with E-state index in [0.717, 1.165) is 23.8 Å². The van der Waals surface area contributed by atoms with Crippen molar-refractivity contribution >= 4 is 16.0 Å². The molecule has 0 aliphatic carbocycles. The molecule has 0 amide bonds. The third-order valence-corrected chi connectivity index (χ3v) is 6.47. The summed E-state index contributed by atoms with van der Waals surface area (Å²) < 4.78 is 63.1. The molecule has 2 N–H and O–H groups in total. The van der Waals surface area contributed by atoms with E-state index in [-0.39, 0.29) is 24.6 Å². The van der Waals surface area contributed by atoms with Crippen molar-refractivity contribution in [2.45, 2.75) is 63.2 Å². The van der Waals surface area contributed by atoms with Crippen molar-refractivity contribution in [3.63, 3.8) is 0 Å². The van der Waals surface area contributed by atoms with E-state index in [9.17, 15) is 22.0 Å². The van der Waals surface area contributed by atoms with Crippen LogP contribution in [0.15, 0.2) is 29.6 Å². The van der Waals surface area contributed by atoms with Gasteiger partial charge in [0.1, 0.15) is 17.2 Å². The van der Waals surface area contributed by atoms with Gasteiger partial charge in [0.05, 0.1) is 24.3 Å². The Bertz CT molecular complexity index is 1220. The number of fused-ring (bicyclic) bond motifs is 1. The van der Waals surface area contributed by atoms with E-state index in [1.165, 1.54) is 6.20 Å². The number of carbonyl (C=O) groups excluding carboxylic acids is 1. The molecule has 184 valence electrons. The van der Waals surface area contributed by atoms with Crippen LogP contribution in [0.1, 0.15) is 50.1 Å². The second kappa shape index (κ2) is 8.91. The first-order valence-electron chi connectivity index (χ1n) is 10.7. The lowest BCUT2D eigenvalue weighted by Gasteiger charge is -2.39. The molecule has 0 saturated carbocycles. The average molecular weight is 497 g/mol. The first kappa shape index (κ1) is 24.6. The van der Waals surface area contributed by atoms with Crippen LogP contribution in [-0.2, 0) is 37.4 Å². The van der Waals surface area contributed by atoms with E-state index in [0.29, 0.717) is 18.8 Å². The van der Waals surface area contributed by atoms with E-state index in [1.807, 2.05) is 4.90 Å². The maximum atomic E-state index is 14.6. The molecule has 3 atom stereocenters. The Kier molecular flexibility index (Phi) is 6.44. The van der Waals surface area contributed by atoms with Gasteiger partial charge >= 0.3 is 5.97 Å². The highest BCUT2D eigenvalue weighted by atomic mass is 32.2. The third-order valence-electron chi connectivity index (χ3n) is 5.76. The number of esters is 1. The number of ether oxygens (including phenoxy) is 2. The highest BCUT2D eigenvalue weighted by molar-refractivity contribution is 7.89. The van der Waals surface area contributed by atoms with Gasteiger partial charge in [-0.2, -0.15) is 0 Å². The van der Waals surface area contributed by atoms with Crippen molar-refractivity contribution in [3.8, 4) is 0 Å². The number of halogens is 2. The van der Waals surface area contributed by atoms with Gasteiger partial charge in [0.25, 0.3) is 15.2 Å². The average Bonchev–Trinajstić information content (AvgIpc) is 3.17. The Balaban J connectivity index is 1.58. The number of nitrogens with two attached hydrogens (primary N) is 1. The number of sulfonamides is 1. The molecule has 0 radical (unpaired) electrons. The fourth-order valence-electron chi connectivity index (χ4n) is 4.26. The lowest BCUT2D eigenvalue weighted by Crippen LogP contribution is -2.46. The summed E-state index contributed by atoms with van der Waals surface area (Å²) >= 11 is 0. The smallest absolute Gasteiger partial charge is 0.312 e. The minimum Gasteiger partial charge on any atom is -0.460 e. The van der Waals surface area contributed by atoms with Gasteiger partial charge in [0.15, 0.2) is 0 Å². The summed E-state index contributed by atoms with van der Waals surface area (Å²) in [5, 5.41) is 4.67. The SMILES string of the molecule is CC(C)(C)OC(=O)[C@H]1C[C@@H](N2Cc3cnc(S(N)(=O)=O)nc3C2)CO[C@H]1c1cc(F)ccc1F. The van der Waals surface area contributed by atoms with Crippen molar-refractivity contribution < 1.29 is 31.5 Å². The summed E-state index contributed by atoms with van der Waals surface area (Å²) in [7, 11) is -4.04. The lowest BCUT2D eigenvalue weighted by molar-refractivity contribution is -0.174. The standard InChI is InChI=1S/C22H26F2N4O5S/c1-22(2,3)33-20(29)16-7-14(11-32-19(16)15-6-13(23)4-5-17(15)24)28-9-12-8-26-21(34(25,30)31)27-18(12)10-28/h4-6,8,14,16,19H,7,9-11H2,1-3H3,(H2,25,30,31)/t14-,16+,19+/m1/s1. The van der Waals surface area contributed by atoms with E-state index >= 15 is 0 Å². The van der Waals surface area contributed by atoms with E-state index < -0.39 is 50.4 Å². The Labute approximate surface area is 196 Å². The molecule has 34 heavy (non-hydrogen) atoms. The van der Waals surface area contributed by atoms with Crippen LogP contribution in [0.3, 0.4) is 0 Å². The fourth-order valence-corrected chi connectivity index (χ4v) is 4.70. The lowest BCUT2D eigenvalue weighted by atomic mass is 9.86. The molecule has 0 bridgehead atoms. The van der Waals surface area contributed by atoms with Gasteiger partial charge in [-0.15, -0.1) is 0 Å². The van der Waals surface area contributed by atoms with Crippen LogP contribution < -0.4 is 5.14 Å². The normalized spacial score (nSPS) is 23.5. The van der Waals surface area contributed by atoms with Crippen molar-refractivity contribution in [1.29, 1.82) is 0 Å². The first-order valence-corrected chi connectivity index (χ1v) is 12.3. The third kappa shape index (κ3) is 5.24. The van der Waals surface area contributed by atoms with Gasteiger partial charge in [-0.3, -0.25) is 9.69 Å². The van der Waals surface area contributed by atoms with Gasteiger partial charge in [0.2, 0.25) is 0 Å². The maximum Gasteiger partial charge on any atom is 0.312 e. The van der Waals surface area contributed by atoms with Gasteiger partial charge < -0.3 is 9.47 Å². The van der Waals surface area contributed by atoms with Crippen LogP contribution in [0.5, 0.6) is 0 Å². The zero-order valence-corrected chi connectivity index (χ0v) is 19.8. The number of hydrogen-bond acceptors (Lipinski definition) is 8. The summed E-state index contributed by atoms with van der Waals surface area (Å²) in [5.41, 5.74) is 0.437. The van der Waals surface area contributed by atoms with Crippen LogP contribution in [0.25, 0.3) is 0 Å². The van der Waals surface area contributed by atoms with Gasteiger partial charge in [-0.05, 0) is 45.4 Å². The molecular formula is C22H26F2N4O5S. The Morgan fingerprint density at radius 1 is 1.26 bits per heavy atom. The predicted octanol–water partition coefficient (Wildman–Crippen LogP) is 2.21. The van der Waals surface area contributed by atoms with Crippen LogP contribution in [0.4, 0.5) is 8.78 Å². The number of nitrogens with zero attached hydrogens (tertiary/aromatic N) is 3. The largest absolute Gasteiger partial charge is 0.460 e. The molecule has 1 aromatic carbocycles. The molecule has 9 nitrogen and oxygen atoms in total. The van der Waals surface area contributed by atoms with Crippen molar-refractivity contribution in [2.75, 3.05) is 6.61 Å². The molecular weight excluding hydrogens is 470 g/mol. The molecule has 2 aliphatic rings. The molecule has 1 saturated heterocycles. The van der Waals surface area contributed by atoms with E-state index in [1.54, 1.807) is 20.8 Å². The summed E-state index contributed by atoms with van der Waals surface area (Å²) in [5.74, 6) is -2.76. The highest BCUT2D eigenvalue weighted by Gasteiger charge is 2.43. The minimum atomic E-state index is -4.04. The molecule has 4 rings (SSSR count). The van der Waals surface area contributed by atoms with Crippen molar-refractivity contribution in [3.05, 3.63) is 52.9 Å². The molecule has 2 aromatic rings. The fraction of sp³-hybridized carbons (Fsp3) is 0.500. The Hall–Kier alpha value is -2.54. The second-order valence-electron chi connectivity index (χ2n) is 9.52. The van der Waals surface area contributed by atoms with Gasteiger partial charge in [-0.25, -0.2) is 32.3 Å². The maximum absolute atomic E-state index is 14.6. The van der Waals surface area contributed by atoms with Crippen LogP contribution in [0, 0.1) is 17.6 Å². The van der Waals surface area contributed by atoms with E-state index in [4.69, 9.17) is 14.6 Å². The minimum absolute atomic E-state index is 0.0392. The van der Waals surface area contributed by atoms with Crippen molar-refractivity contribution in [1.82, 2.24) is 14.9 Å². The molecule has 0 spiro atoms. The number of rotatable bonds is 4. The van der Waals surface area contributed by atoms with Gasteiger partial charge in [-0.1, -0.05) is 0 Å². The molecule has 0 unspecified atom stereocenters. The van der Waals surface area contributed by atoms with Crippen LogP contribution in [0.2, 0.25) is 0 Å². The molecule has 2 aliphatic heterocycles. The summed E-state index contributed by atoms with van der Waals surface area (Å²) in [6, 6.07) is 2.77. The number of benzene rings is 1. The molecule has 1 aromatic heterocycles. The summed E-state index contributed by atoms with van der Waals surface area (Å²) in [4.78, 5) is 22.9. The summed E-state index contributed by atoms with van der Waals surface area (Å²) in [6.45, 7) is 6.03. The van der Waals surface area contributed by atoms with E-state index in [2.05, 4.69) is 9.97 Å². The Morgan fingerprint density at radius 3 is 2.68 bits per heavy atom. The number of hydrogen-bond donors (Lipinski definition) is 1. The zero-order chi connectivity index (χ0) is 24.8. The number of carbonyl (C=O) groups is 1. The molecule has 3 heterocycles. The zero-order valence-electron chi connectivity index (χ0n) is 19.0. The van der Waals surface area contributed by atoms with Crippen LogP contribution in [-0.4, -0.2) is 47.5 Å². The van der Waals surface area contributed by atoms with Crippen LogP contribution >= 0.6 is 0 Å². The highest BCUT2D eigenvalue weighted by Crippen LogP contribution is 2.39. The van der Waals surface area contributed by atoms with Crippen molar-refractivity contribution in [2.24, 2.45) is 11.1 Å². The molecule has 1 fully saturated rings. The number of aromatic nitrogens is 2. The summed E-state index contributed by atoms with van der Waals surface area (Å²) in [6.07, 6.45) is 0.668. The second-order valence-corrected chi connectivity index (χ2v) is 11.0. The monoisotopic (exact) mass is 496 g/mol. The number of primary sulfonamides is 1. The quantitative estimate of drug-likeness (QED) is 0.505. The van der Waals surface area contributed by atoms with Gasteiger partial charge in [0, 0.05) is 36.5 Å². The molecule has 12 heteroatoms. The first-order chi connectivity index (χ1) is 15.8. The Morgan fingerprint density at radius 2 is 2.00 bits per heavy atom.